The fraction of sp³-hybridized carbons (Fsp3) is 0.333. The lowest BCUT2D eigenvalue weighted by molar-refractivity contribution is 0.0993. The van der Waals surface area contributed by atoms with Crippen LogP contribution in [0.3, 0.4) is 0 Å². The number of halogens is 1. The maximum atomic E-state index is 5.70. The summed E-state index contributed by atoms with van der Waals surface area (Å²) in [7, 11) is 0. The number of furan rings is 1. The van der Waals surface area contributed by atoms with Crippen molar-refractivity contribution < 1.29 is 4.42 Å². The van der Waals surface area contributed by atoms with E-state index in [1.165, 1.54) is 22.3 Å². The van der Waals surface area contributed by atoms with E-state index in [0.29, 0.717) is 6.04 Å². The highest BCUT2D eigenvalue weighted by atomic mass is 79.9. The van der Waals surface area contributed by atoms with Crippen molar-refractivity contribution >= 4 is 15.9 Å². The van der Waals surface area contributed by atoms with Crippen LogP contribution in [-0.4, -0.2) is 36.0 Å². The third-order valence-corrected chi connectivity index (χ3v) is 6.57. The van der Waals surface area contributed by atoms with Gasteiger partial charge >= 0.3 is 0 Å². The third kappa shape index (κ3) is 3.57. The number of fused-ring (bicyclic) bond motifs is 2. The van der Waals surface area contributed by atoms with E-state index in [4.69, 9.17) is 4.42 Å². The van der Waals surface area contributed by atoms with Gasteiger partial charge in [-0.2, -0.15) is 0 Å². The molecule has 2 heterocycles. The zero-order valence-electron chi connectivity index (χ0n) is 16.0. The molecule has 0 radical (unpaired) electrons. The van der Waals surface area contributed by atoms with Crippen LogP contribution in [0, 0.1) is 0 Å². The molecule has 3 nitrogen and oxygen atoms in total. The van der Waals surface area contributed by atoms with Crippen molar-refractivity contribution in [2.45, 2.75) is 25.4 Å². The highest BCUT2D eigenvalue weighted by molar-refractivity contribution is 9.10. The fourth-order valence-corrected chi connectivity index (χ4v) is 5.06. The van der Waals surface area contributed by atoms with Crippen molar-refractivity contribution in [2.24, 2.45) is 0 Å². The van der Waals surface area contributed by atoms with Gasteiger partial charge in [-0.25, -0.2) is 0 Å². The normalized spacial score (nSPS) is 18.5. The topological polar surface area (TPSA) is 19.6 Å². The molecule has 28 heavy (non-hydrogen) atoms. The monoisotopic (exact) mass is 436 g/mol. The van der Waals surface area contributed by atoms with Crippen molar-refractivity contribution in [3.63, 3.8) is 0 Å². The SMILES string of the molecule is Brc1ccc(CN2CCN(C3c4ccccc4CCc4ccccc43)CC2)o1. The zero-order chi connectivity index (χ0) is 18.9. The second-order valence-electron chi connectivity index (χ2n) is 7.82. The van der Waals surface area contributed by atoms with Gasteiger partial charge in [-0.1, -0.05) is 48.5 Å². The summed E-state index contributed by atoms with van der Waals surface area (Å²) < 4.78 is 6.51. The average molecular weight is 437 g/mol. The minimum atomic E-state index is 0.370. The van der Waals surface area contributed by atoms with Gasteiger partial charge in [0.15, 0.2) is 4.67 Å². The minimum absolute atomic E-state index is 0.370. The van der Waals surface area contributed by atoms with Crippen LogP contribution in [-0.2, 0) is 19.4 Å². The van der Waals surface area contributed by atoms with Crippen LogP contribution >= 0.6 is 15.9 Å². The Kier molecular flexibility index (Phi) is 5.10. The second kappa shape index (κ2) is 7.86. The van der Waals surface area contributed by atoms with Gasteiger partial charge in [0.2, 0.25) is 0 Å². The molecule has 0 N–H and O–H groups in total. The summed E-state index contributed by atoms with van der Waals surface area (Å²) in [5.41, 5.74) is 6.00. The molecule has 1 aromatic heterocycles. The molecule has 0 unspecified atom stereocenters. The minimum Gasteiger partial charge on any atom is -0.453 e. The first-order chi connectivity index (χ1) is 13.8. The van der Waals surface area contributed by atoms with Crippen molar-refractivity contribution in [1.82, 2.24) is 9.80 Å². The number of hydrogen-bond acceptors (Lipinski definition) is 3. The Morgan fingerprint density at radius 1 is 0.786 bits per heavy atom. The Bertz CT molecular complexity index is 911. The Hall–Kier alpha value is -1.88. The molecule has 0 atom stereocenters. The highest BCUT2D eigenvalue weighted by Crippen LogP contribution is 2.37. The lowest BCUT2D eigenvalue weighted by Crippen LogP contribution is -2.47. The molecular formula is C24H25BrN2O. The highest BCUT2D eigenvalue weighted by Gasteiger charge is 2.30. The van der Waals surface area contributed by atoms with Crippen LogP contribution in [0.4, 0.5) is 0 Å². The molecule has 5 rings (SSSR count). The Morgan fingerprint density at radius 2 is 1.39 bits per heavy atom. The van der Waals surface area contributed by atoms with Gasteiger partial charge in [0.1, 0.15) is 5.76 Å². The van der Waals surface area contributed by atoms with E-state index in [0.717, 1.165) is 56.0 Å². The van der Waals surface area contributed by atoms with Crippen LogP contribution in [0.1, 0.15) is 34.1 Å². The number of benzene rings is 2. The first kappa shape index (κ1) is 18.2. The molecule has 2 aromatic carbocycles. The molecule has 2 aliphatic rings. The maximum Gasteiger partial charge on any atom is 0.169 e. The van der Waals surface area contributed by atoms with E-state index >= 15 is 0 Å². The predicted molar refractivity (Wildman–Crippen MR) is 115 cm³/mol. The lowest BCUT2D eigenvalue weighted by Gasteiger charge is -2.40. The molecule has 0 bridgehead atoms. The summed E-state index contributed by atoms with van der Waals surface area (Å²) in [5, 5.41) is 0. The molecular weight excluding hydrogens is 412 g/mol. The van der Waals surface area contributed by atoms with Gasteiger partial charge in [-0.05, 0) is 63.2 Å². The van der Waals surface area contributed by atoms with Gasteiger partial charge in [0.25, 0.3) is 0 Å². The molecule has 3 aromatic rings. The summed E-state index contributed by atoms with van der Waals surface area (Å²) in [5.74, 6) is 1.03. The van der Waals surface area contributed by atoms with Gasteiger partial charge in [-0.3, -0.25) is 9.80 Å². The first-order valence-corrected chi connectivity index (χ1v) is 10.9. The van der Waals surface area contributed by atoms with E-state index in [2.05, 4.69) is 80.3 Å². The molecule has 0 amide bonds. The molecule has 144 valence electrons. The van der Waals surface area contributed by atoms with Gasteiger partial charge < -0.3 is 4.42 Å². The van der Waals surface area contributed by atoms with E-state index in [1.807, 2.05) is 6.07 Å². The second-order valence-corrected chi connectivity index (χ2v) is 8.60. The quantitative estimate of drug-likeness (QED) is 0.572. The van der Waals surface area contributed by atoms with Crippen LogP contribution in [0.25, 0.3) is 0 Å². The average Bonchev–Trinajstić information content (AvgIpc) is 3.05. The van der Waals surface area contributed by atoms with Crippen molar-refractivity contribution in [3.05, 3.63) is 93.3 Å². The standard InChI is InChI=1S/C24H25BrN2O/c25-23-12-11-20(28-23)17-26-13-15-27(16-14-26)24-21-7-3-1-5-18(21)9-10-19-6-2-4-8-22(19)24/h1-8,11-12,24H,9-10,13-17H2. The van der Waals surface area contributed by atoms with Gasteiger partial charge in [-0.15, -0.1) is 0 Å². The number of nitrogens with zero attached hydrogens (tertiary/aromatic N) is 2. The molecule has 1 aliphatic heterocycles. The predicted octanol–water partition coefficient (Wildman–Crippen LogP) is 5.05. The Morgan fingerprint density at radius 3 is 1.96 bits per heavy atom. The Labute approximate surface area is 175 Å². The number of aryl methyl sites for hydroxylation is 2. The fourth-order valence-electron chi connectivity index (χ4n) is 4.72. The van der Waals surface area contributed by atoms with Crippen molar-refractivity contribution in [3.8, 4) is 0 Å². The molecule has 4 heteroatoms. The van der Waals surface area contributed by atoms with E-state index in [-0.39, 0.29) is 0 Å². The molecule has 1 fully saturated rings. The summed E-state index contributed by atoms with van der Waals surface area (Å²) in [6, 6.07) is 22.5. The van der Waals surface area contributed by atoms with Crippen molar-refractivity contribution in [1.29, 1.82) is 0 Å². The van der Waals surface area contributed by atoms with Gasteiger partial charge in [0.05, 0.1) is 12.6 Å². The zero-order valence-corrected chi connectivity index (χ0v) is 17.6. The molecule has 1 saturated heterocycles. The van der Waals surface area contributed by atoms with E-state index in [1.54, 1.807) is 0 Å². The number of piperazine rings is 1. The largest absolute Gasteiger partial charge is 0.453 e. The van der Waals surface area contributed by atoms with Crippen LogP contribution in [0.15, 0.2) is 69.8 Å². The smallest absolute Gasteiger partial charge is 0.169 e. The van der Waals surface area contributed by atoms with Crippen LogP contribution in [0.5, 0.6) is 0 Å². The number of hydrogen-bond donors (Lipinski definition) is 0. The maximum absolute atomic E-state index is 5.70. The molecule has 0 spiro atoms. The summed E-state index contributed by atoms with van der Waals surface area (Å²) in [4.78, 5) is 5.17. The Balaban J connectivity index is 1.39. The van der Waals surface area contributed by atoms with Gasteiger partial charge in [0, 0.05) is 26.2 Å². The molecule has 0 saturated carbocycles. The summed E-state index contributed by atoms with van der Waals surface area (Å²) in [6.45, 7) is 5.18. The van der Waals surface area contributed by atoms with E-state index < -0.39 is 0 Å². The van der Waals surface area contributed by atoms with E-state index in [9.17, 15) is 0 Å². The summed E-state index contributed by atoms with van der Waals surface area (Å²) >= 11 is 3.40. The lowest BCUT2D eigenvalue weighted by atomic mass is 9.92. The van der Waals surface area contributed by atoms with Crippen LogP contribution < -0.4 is 0 Å². The molecule has 1 aliphatic carbocycles. The number of rotatable bonds is 3. The third-order valence-electron chi connectivity index (χ3n) is 6.14. The summed E-state index contributed by atoms with van der Waals surface area (Å²) in [6.07, 6.45) is 2.27. The first-order valence-electron chi connectivity index (χ1n) is 10.1. The van der Waals surface area contributed by atoms with Crippen LogP contribution in [0.2, 0.25) is 0 Å². The van der Waals surface area contributed by atoms with Crippen molar-refractivity contribution in [2.75, 3.05) is 26.2 Å².